The molecule has 1 aliphatic heterocycles. The lowest BCUT2D eigenvalue weighted by Gasteiger charge is -2.14. The van der Waals surface area contributed by atoms with Gasteiger partial charge in [0.1, 0.15) is 0 Å². The molecule has 1 amide bonds. The Balaban J connectivity index is 2.10. The largest absolute Gasteiger partial charge is 0.481 e. The van der Waals surface area contributed by atoms with Gasteiger partial charge in [0.15, 0.2) is 0 Å². The first-order valence-electron chi connectivity index (χ1n) is 5.82. The fourth-order valence-electron chi connectivity index (χ4n) is 2.43. The number of benzene rings is 1. The third-order valence-corrected chi connectivity index (χ3v) is 3.37. The quantitative estimate of drug-likeness (QED) is 0.851. The summed E-state index contributed by atoms with van der Waals surface area (Å²) in [6.07, 6.45) is -0.446. The van der Waals surface area contributed by atoms with Crippen LogP contribution in [0.3, 0.4) is 0 Å². The van der Waals surface area contributed by atoms with Crippen molar-refractivity contribution < 1.29 is 19.8 Å². The van der Waals surface area contributed by atoms with Crippen LogP contribution in [-0.2, 0) is 11.2 Å². The van der Waals surface area contributed by atoms with E-state index in [1.54, 1.807) is 0 Å². The van der Waals surface area contributed by atoms with Gasteiger partial charge in [-0.1, -0.05) is 30.3 Å². The maximum absolute atomic E-state index is 11.2. The van der Waals surface area contributed by atoms with Crippen LogP contribution in [0.5, 0.6) is 0 Å². The molecule has 1 aliphatic rings. The monoisotopic (exact) mass is 249 g/mol. The maximum Gasteiger partial charge on any atom is 0.407 e. The molecule has 1 heterocycles. The fraction of sp³-hybridized carbons (Fsp3) is 0.385. The summed E-state index contributed by atoms with van der Waals surface area (Å²) in [7, 11) is 0. The molecule has 1 fully saturated rings. The Hall–Kier alpha value is -2.04. The van der Waals surface area contributed by atoms with E-state index >= 15 is 0 Å². The number of hydrogen-bond donors (Lipinski definition) is 2. The van der Waals surface area contributed by atoms with Gasteiger partial charge >= 0.3 is 12.1 Å². The molecule has 1 aromatic rings. The molecular weight excluding hydrogens is 234 g/mol. The molecule has 18 heavy (non-hydrogen) atoms. The van der Waals surface area contributed by atoms with Gasteiger partial charge in [0.25, 0.3) is 0 Å². The van der Waals surface area contributed by atoms with Crippen LogP contribution in [0.2, 0.25) is 0 Å². The Morgan fingerprint density at radius 1 is 1.17 bits per heavy atom. The Labute approximate surface area is 105 Å². The average molecular weight is 249 g/mol. The van der Waals surface area contributed by atoms with Crippen molar-refractivity contribution in [3.8, 4) is 0 Å². The summed E-state index contributed by atoms with van der Waals surface area (Å²) >= 11 is 0. The van der Waals surface area contributed by atoms with Crippen molar-refractivity contribution >= 4 is 12.1 Å². The van der Waals surface area contributed by atoms with E-state index < -0.39 is 18.0 Å². The highest BCUT2D eigenvalue weighted by Crippen LogP contribution is 2.27. The molecule has 5 nitrogen and oxygen atoms in total. The van der Waals surface area contributed by atoms with Crippen LogP contribution in [-0.4, -0.2) is 40.3 Å². The van der Waals surface area contributed by atoms with Crippen molar-refractivity contribution in [2.75, 3.05) is 13.1 Å². The summed E-state index contributed by atoms with van der Waals surface area (Å²) < 4.78 is 0. The van der Waals surface area contributed by atoms with Crippen molar-refractivity contribution in [1.82, 2.24) is 4.90 Å². The number of rotatable bonds is 3. The highest BCUT2D eigenvalue weighted by molar-refractivity contribution is 5.74. The lowest BCUT2D eigenvalue weighted by molar-refractivity contribution is -0.142. The molecule has 96 valence electrons. The van der Waals surface area contributed by atoms with Crippen molar-refractivity contribution in [2.24, 2.45) is 11.8 Å². The normalized spacial score (nSPS) is 23.0. The van der Waals surface area contributed by atoms with E-state index in [9.17, 15) is 9.59 Å². The molecule has 0 saturated carbocycles. The number of carboxylic acids is 1. The van der Waals surface area contributed by atoms with Crippen LogP contribution in [0.25, 0.3) is 0 Å². The number of hydrogen-bond acceptors (Lipinski definition) is 2. The zero-order valence-electron chi connectivity index (χ0n) is 9.82. The third-order valence-electron chi connectivity index (χ3n) is 3.37. The number of aliphatic carboxylic acids is 1. The van der Waals surface area contributed by atoms with Gasteiger partial charge in [-0.15, -0.1) is 0 Å². The second kappa shape index (κ2) is 5.08. The first kappa shape index (κ1) is 12.4. The lowest BCUT2D eigenvalue weighted by Crippen LogP contribution is -2.28. The second-order valence-electron chi connectivity index (χ2n) is 4.58. The Morgan fingerprint density at radius 3 is 2.39 bits per heavy atom. The number of carboxylic acid groups (broad SMARTS) is 2. The van der Waals surface area contributed by atoms with Crippen molar-refractivity contribution in [3.63, 3.8) is 0 Å². The highest BCUT2D eigenvalue weighted by Gasteiger charge is 2.39. The molecule has 0 aliphatic carbocycles. The summed E-state index contributed by atoms with van der Waals surface area (Å²) in [6.45, 7) is 0.378. The summed E-state index contributed by atoms with van der Waals surface area (Å²) in [5.74, 6) is -1.68. The zero-order valence-corrected chi connectivity index (χ0v) is 9.82. The summed E-state index contributed by atoms with van der Waals surface area (Å²) in [6, 6.07) is 9.56. The van der Waals surface area contributed by atoms with Crippen molar-refractivity contribution in [2.45, 2.75) is 6.42 Å². The summed E-state index contributed by atoms with van der Waals surface area (Å²) in [4.78, 5) is 23.2. The second-order valence-corrected chi connectivity index (χ2v) is 4.58. The molecule has 2 rings (SSSR count). The molecule has 0 unspecified atom stereocenters. The first-order chi connectivity index (χ1) is 8.58. The predicted molar refractivity (Wildman–Crippen MR) is 64.4 cm³/mol. The number of nitrogens with zero attached hydrogens (tertiary/aromatic N) is 1. The van der Waals surface area contributed by atoms with Crippen LogP contribution in [0.1, 0.15) is 5.56 Å². The van der Waals surface area contributed by atoms with Crippen LogP contribution >= 0.6 is 0 Å². The number of likely N-dealkylation sites (tertiary alicyclic amines) is 1. The van der Waals surface area contributed by atoms with Crippen LogP contribution < -0.4 is 0 Å². The molecule has 2 N–H and O–H groups in total. The molecule has 2 atom stereocenters. The molecule has 5 heteroatoms. The van der Waals surface area contributed by atoms with Gasteiger partial charge in [0.05, 0.1) is 5.92 Å². The van der Waals surface area contributed by atoms with Gasteiger partial charge in [-0.3, -0.25) is 4.79 Å². The standard InChI is InChI=1S/C13H15NO4/c15-12(16)11-8-14(13(17)18)7-10(11)6-9-4-2-1-3-5-9/h1-5,10-11H,6-8H2,(H,15,16)(H,17,18)/t10-,11-/m0/s1. The van der Waals surface area contributed by atoms with E-state index in [0.29, 0.717) is 13.0 Å². The summed E-state index contributed by atoms with van der Waals surface area (Å²) in [5, 5.41) is 18.1. The number of carbonyl (C=O) groups is 2. The SMILES string of the molecule is O=C(O)[C@H]1CN(C(=O)O)C[C@@H]1Cc1ccccc1. The van der Waals surface area contributed by atoms with Gasteiger partial charge in [-0.2, -0.15) is 0 Å². The molecule has 1 aromatic carbocycles. The third kappa shape index (κ3) is 2.61. The average Bonchev–Trinajstić information content (AvgIpc) is 2.74. The first-order valence-corrected chi connectivity index (χ1v) is 5.82. The van der Waals surface area contributed by atoms with E-state index in [1.165, 1.54) is 4.90 Å². The lowest BCUT2D eigenvalue weighted by atomic mass is 9.90. The van der Waals surface area contributed by atoms with Gasteiger partial charge < -0.3 is 15.1 Å². The maximum atomic E-state index is 11.2. The number of amides is 1. The van der Waals surface area contributed by atoms with Crippen molar-refractivity contribution in [3.05, 3.63) is 35.9 Å². The molecular formula is C13H15NO4. The minimum Gasteiger partial charge on any atom is -0.481 e. The smallest absolute Gasteiger partial charge is 0.407 e. The molecule has 0 bridgehead atoms. The van der Waals surface area contributed by atoms with Crippen LogP contribution in [0.4, 0.5) is 4.79 Å². The molecule has 0 aromatic heterocycles. The fourth-order valence-corrected chi connectivity index (χ4v) is 2.43. The van der Waals surface area contributed by atoms with E-state index in [0.717, 1.165) is 5.56 Å². The van der Waals surface area contributed by atoms with Crippen LogP contribution in [0.15, 0.2) is 30.3 Å². The van der Waals surface area contributed by atoms with Gasteiger partial charge in [0, 0.05) is 13.1 Å². The Morgan fingerprint density at radius 2 is 1.83 bits per heavy atom. The topological polar surface area (TPSA) is 77.8 Å². The Kier molecular flexibility index (Phi) is 3.50. The van der Waals surface area contributed by atoms with Gasteiger partial charge in [-0.25, -0.2) is 4.79 Å². The minimum absolute atomic E-state index is 0.0855. The minimum atomic E-state index is -1.04. The van der Waals surface area contributed by atoms with Gasteiger partial charge in [0.2, 0.25) is 0 Å². The van der Waals surface area contributed by atoms with Crippen LogP contribution in [0, 0.1) is 11.8 Å². The van der Waals surface area contributed by atoms with E-state index in [2.05, 4.69) is 0 Å². The summed E-state index contributed by atoms with van der Waals surface area (Å²) in [5.41, 5.74) is 1.04. The Bertz CT molecular complexity index is 446. The van der Waals surface area contributed by atoms with E-state index in [4.69, 9.17) is 10.2 Å². The molecule has 0 radical (unpaired) electrons. The van der Waals surface area contributed by atoms with Crippen molar-refractivity contribution in [1.29, 1.82) is 0 Å². The van der Waals surface area contributed by atoms with E-state index in [-0.39, 0.29) is 12.5 Å². The highest BCUT2D eigenvalue weighted by atomic mass is 16.4. The van der Waals surface area contributed by atoms with Gasteiger partial charge in [-0.05, 0) is 17.9 Å². The molecule has 1 saturated heterocycles. The molecule has 0 spiro atoms. The predicted octanol–water partition coefficient (Wildman–Crippen LogP) is 1.54. The van der Waals surface area contributed by atoms with E-state index in [1.807, 2.05) is 30.3 Å². The zero-order chi connectivity index (χ0) is 13.1.